The number of nitrogens with two attached hydrogens (primary N) is 1. The Bertz CT molecular complexity index is 418. The number of hydrogen-bond acceptors (Lipinski definition) is 4. The van der Waals surface area contributed by atoms with Crippen LogP contribution < -0.4 is 11.1 Å². The Kier molecular flexibility index (Phi) is 6.23. The first-order valence-corrected chi connectivity index (χ1v) is 7.50. The number of nitrogens with one attached hydrogen (secondary N) is 1. The van der Waals surface area contributed by atoms with Crippen molar-refractivity contribution in [1.29, 1.82) is 0 Å². The molecule has 1 aromatic rings. The van der Waals surface area contributed by atoms with E-state index in [9.17, 15) is 4.79 Å². The van der Waals surface area contributed by atoms with Gasteiger partial charge in [0.2, 0.25) is 0 Å². The number of amides is 1. The predicted molar refractivity (Wildman–Crippen MR) is 81.0 cm³/mol. The minimum absolute atomic E-state index is 0. The average molecular weight is 304 g/mol. The molecule has 19 heavy (non-hydrogen) atoms. The summed E-state index contributed by atoms with van der Waals surface area (Å²) in [5.74, 6) is -0.0445. The number of carbonyl (C=O) groups excluding carboxylic acids is 1. The zero-order valence-electron chi connectivity index (χ0n) is 11.3. The lowest BCUT2D eigenvalue weighted by Gasteiger charge is -2.14. The highest BCUT2D eigenvalue weighted by Gasteiger charge is 2.41. The van der Waals surface area contributed by atoms with Gasteiger partial charge in [-0.05, 0) is 31.2 Å². The molecule has 3 N–H and O–H groups in total. The highest BCUT2D eigenvalue weighted by molar-refractivity contribution is 7.09. The van der Waals surface area contributed by atoms with Gasteiger partial charge in [0.1, 0.15) is 5.69 Å². The third kappa shape index (κ3) is 4.44. The fourth-order valence-electron chi connectivity index (χ4n) is 2.23. The summed E-state index contributed by atoms with van der Waals surface area (Å²) in [5, 5.41) is 5.78. The molecule has 2 rings (SSSR count). The molecule has 0 bridgehead atoms. The van der Waals surface area contributed by atoms with Gasteiger partial charge in [-0.3, -0.25) is 4.79 Å². The number of thiazole rings is 1. The molecule has 1 fully saturated rings. The second kappa shape index (κ2) is 7.22. The van der Waals surface area contributed by atoms with E-state index in [4.69, 9.17) is 5.73 Å². The van der Waals surface area contributed by atoms with Crippen LogP contribution in [0.4, 0.5) is 0 Å². The summed E-state index contributed by atoms with van der Waals surface area (Å²) in [6.07, 6.45) is 5.64. The van der Waals surface area contributed by atoms with Crippen LogP contribution in [0.2, 0.25) is 0 Å². The van der Waals surface area contributed by atoms with Crippen molar-refractivity contribution in [2.45, 2.75) is 39.0 Å². The Hall–Kier alpha value is -0.650. The van der Waals surface area contributed by atoms with E-state index in [1.54, 1.807) is 0 Å². The molecular weight excluding hydrogens is 282 g/mol. The molecule has 0 spiro atoms. The lowest BCUT2D eigenvalue weighted by atomic mass is 10.0. The van der Waals surface area contributed by atoms with E-state index in [1.165, 1.54) is 37.0 Å². The fraction of sp³-hybridized carbons (Fsp3) is 0.692. The number of aromatic nitrogens is 1. The summed E-state index contributed by atoms with van der Waals surface area (Å²) in [6, 6.07) is 0. The van der Waals surface area contributed by atoms with Crippen molar-refractivity contribution in [2.75, 3.05) is 13.1 Å². The molecule has 4 nitrogen and oxygen atoms in total. The smallest absolute Gasteiger partial charge is 0.270 e. The summed E-state index contributed by atoms with van der Waals surface area (Å²) in [7, 11) is 0. The lowest BCUT2D eigenvalue weighted by molar-refractivity contribution is 0.0939. The molecule has 1 aliphatic rings. The third-order valence-electron chi connectivity index (χ3n) is 3.50. The first-order chi connectivity index (χ1) is 8.69. The third-order valence-corrected chi connectivity index (χ3v) is 4.41. The van der Waals surface area contributed by atoms with Crippen LogP contribution in [-0.2, 0) is 6.42 Å². The zero-order valence-corrected chi connectivity index (χ0v) is 12.9. The minimum Gasteiger partial charge on any atom is -0.350 e. The van der Waals surface area contributed by atoms with Crippen molar-refractivity contribution in [3.8, 4) is 0 Å². The van der Waals surface area contributed by atoms with Gasteiger partial charge in [0, 0.05) is 18.3 Å². The van der Waals surface area contributed by atoms with E-state index >= 15 is 0 Å². The van der Waals surface area contributed by atoms with Gasteiger partial charge in [-0.25, -0.2) is 4.98 Å². The lowest BCUT2D eigenvalue weighted by Crippen LogP contribution is -2.30. The molecule has 1 amide bonds. The predicted octanol–water partition coefficient (Wildman–Crippen LogP) is 2.38. The molecule has 1 heterocycles. The van der Waals surface area contributed by atoms with Gasteiger partial charge in [-0.2, -0.15) is 0 Å². The Balaban J connectivity index is 0.00000180. The van der Waals surface area contributed by atoms with Crippen LogP contribution in [0.5, 0.6) is 0 Å². The number of hydrogen-bond donors (Lipinski definition) is 2. The molecule has 0 saturated heterocycles. The highest BCUT2D eigenvalue weighted by Crippen LogP contribution is 2.48. The van der Waals surface area contributed by atoms with Gasteiger partial charge in [0.05, 0.1) is 5.01 Å². The van der Waals surface area contributed by atoms with E-state index in [-0.39, 0.29) is 18.3 Å². The summed E-state index contributed by atoms with van der Waals surface area (Å²) < 4.78 is 0. The number of carbonyl (C=O) groups is 1. The summed E-state index contributed by atoms with van der Waals surface area (Å²) in [4.78, 5) is 16.2. The summed E-state index contributed by atoms with van der Waals surface area (Å²) in [6.45, 7) is 3.57. The highest BCUT2D eigenvalue weighted by atomic mass is 35.5. The average Bonchev–Trinajstić information content (AvgIpc) is 2.96. The Morgan fingerprint density at radius 1 is 1.58 bits per heavy atom. The van der Waals surface area contributed by atoms with Crippen LogP contribution >= 0.6 is 23.7 Å². The van der Waals surface area contributed by atoms with Crippen LogP contribution in [0.25, 0.3) is 0 Å². The first-order valence-electron chi connectivity index (χ1n) is 6.62. The number of rotatable bonds is 7. The van der Waals surface area contributed by atoms with Crippen molar-refractivity contribution in [3.63, 3.8) is 0 Å². The van der Waals surface area contributed by atoms with Crippen molar-refractivity contribution >= 4 is 29.7 Å². The van der Waals surface area contributed by atoms with Crippen LogP contribution in [0.15, 0.2) is 5.38 Å². The van der Waals surface area contributed by atoms with Crippen molar-refractivity contribution in [1.82, 2.24) is 10.3 Å². The molecule has 1 aliphatic carbocycles. The maximum atomic E-state index is 11.9. The van der Waals surface area contributed by atoms with Gasteiger partial charge in [-0.15, -0.1) is 23.7 Å². The van der Waals surface area contributed by atoms with E-state index in [0.717, 1.165) is 18.0 Å². The quantitative estimate of drug-likeness (QED) is 0.812. The largest absolute Gasteiger partial charge is 0.350 e. The maximum absolute atomic E-state index is 11.9. The monoisotopic (exact) mass is 303 g/mol. The molecule has 1 aromatic heterocycles. The molecule has 108 valence electrons. The van der Waals surface area contributed by atoms with Gasteiger partial charge in [0.15, 0.2) is 0 Å². The van der Waals surface area contributed by atoms with Crippen LogP contribution in [-0.4, -0.2) is 24.0 Å². The zero-order chi connectivity index (χ0) is 13.0. The summed E-state index contributed by atoms with van der Waals surface area (Å²) >= 11 is 1.51. The van der Waals surface area contributed by atoms with Gasteiger partial charge in [0.25, 0.3) is 5.91 Å². The molecule has 1 saturated carbocycles. The van der Waals surface area contributed by atoms with Gasteiger partial charge < -0.3 is 11.1 Å². The second-order valence-electron chi connectivity index (χ2n) is 5.10. The standard InChI is InChI=1S/C13H21N3OS.ClH/c1-2-4-13(5-6-13)9-15-12(17)10-8-18-11(16-10)3-7-14;/h8H,2-7,9,14H2,1H3,(H,15,17);1H. The topological polar surface area (TPSA) is 68.0 Å². The molecule has 0 radical (unpaired) electrons. The van der Waals surface area contributed by atoms with Crippen molar-refractivity contribution in [3.05, 3.63) is 16.1 Å². The second-order valence-corrected chi connectivity index (χ2v) is 6.04. The summed E-state index contributed by atoms with van der Waals surface area (Å²) in [5.41, 5.74) is 6.40. The molecule has 0 atom stereocenters. The number of halogens is 1. The fourth-order valence-corrected chi connectivity index (χ4v) is 3.03. The first kappa shape index (κ1) is 16.4. The Morgan fingerprint density at radius 2 is 2.32 bits per heavy atom. The van der Waals surface area contributed by atoms with E-state index in [0.29, 0.717) is 17.7 Å². The van der Waals surface area contributed by atoms with Crippen LogP contribution in [0.1, 0.15) is 48.1 Å². The van der Waals surface area contributed by atoms with Crippen LogP contribution in [0.3, 0.4) is 0 Å². The molecule has 6 heteroatoms. The minimum atomic E-state index is -0.0445. The van der Waals surface area contributed by atoms with E-state index in [1.807, 2.05) is 5.38 Å². The molecule has 0 aliphatic heterocycles. The number of nitrogens with zero attached hydrogens (tertiary/aromatic N) is 1. The Labute approximate surface area is 124 Å². The van der Waals surface area contributed by atoms with E-state index in [2.05, 4.69) is 17.2 Å². The molecule has 0 unspecified atom stereocenters. The molecule has 0 aromatic carbocycles. The SMILES string of the molecule is CCCC1(CNC(=O)c2csc(CCN)n2)CC1.Cl. The van der Waals surface area contributed by atoms with Gasteiger partial charge in [-0.1, -0.05) is 13.3 Å². The van der Waals surface area contributed by atoms with Crippen LogP contribution in [0, 0.1) is 5.41 Å². The molecular formula is C13H22ClN3OS. The van der Waals surface area contributed by atoms with E-state index < -0.39 is 0 Å². The maximum Gasteiger partial charge on any atom is 0.270 e. The van der Waals surface area contributed by atoms with Crippen molar-refractivity contribution in [2.24, 2.45) is 11.1 Å². The van der Waals surface area contributed by atoms with Gasteiger partial charge >= 0.3 is 0 Å². The normalized spacial score (nSPS) is 15.7. The van der Waals surface area contributed by atoms with Crippen molar-refractivity contribution < 1.29 is 4.79 Å². The Morgan fingerprint density at radius 3 is 2.89 bits per heavy atom.